The lowest BCUT2D eigenvalue weighted by atomic mass is 9.81. The molecule has 4 aromatic carbocycles. The average Bonchev–Trinajstić information content (AvgIpc) is 3.40. The van der Waals surface area contributed by atoms with Crippen molar-refractivity contribution in [3.63, 3.8) is 0 Å². The van der Waals surface area contributed by atoms with Crippen molar-refractivity contribution in [1.82, 2.24) is 0 Å². The van der Waals surface area contributed by atoms with Crippen LogP contribution in [0.2, 0.25) is 0 Å². The van der Waals surface area contributed by atoms with Gasteiger partial charge in [-0.1, -0.05) is 97.1 Å². The van der Waals surface area contributed by atoms with E-state index in [9.17, 15) is 9.59 Å². The summed E-state index contributed by atoms with van der Waals surface area (Å²) in [6, 6.07) is 34.7. The van der Waals surface area contributed by atoms with E-state index in [1.165, 1.54) is 0 Å². The van der Waals surface area contributed by atoms with Crippen molar-refractivity contribution in [1.29, 1.82) is 0 Å². The van der Waals surface area contributed by atoms with Crippen LogP contribution in [0.25, 0.3) is 23.3 Å². The van der Waals surface area contributed by atoms with E-state index >= 15 is 0 Å². The number of hydrogen-bond acceptors (Lipinski definition) is 3. The standard InChI is InChI=1S/C34H20O3/c35-33-27-13-5-1-9-23(27)31(24-10-2-6-14-28(24)33)19-21-17-18-22(37-21)20-32-25-11-3-7-15-29(25)34(36)30-16-8-4-12-26(30)32/h1-20H. The van der Waals surface area contributed by atoms with Crippen molar-refractivity contribution in [2.45, 2.75) is 0 Å². The van der Waals surface area contributed by atoms with Crippen molar-refractivity contribution >= 4 is 34.9 Å². The van der Waals surface area contributed by atoms with Crippen LogP contribution in [-0.4, -0.2) is 11.6 Å². The fraction of sp³-hybridized carbons (Fsp3) is 0. The highest BCUT2D eigenvalue weighted by molar-refractivity contribution is 6.21. The molecule has 0 saturated carbocycles. The highest BCUT2D eigenvalue weighted by Gasteiger charge is 2.28. The summed E-state index contributed by atoms with van der Waals surface area (Å²) in [5.41, 5.74) is 8.29. The van der Waals surface area contributed by atoms with E-state index in [-0.39, 0.29) is 11.6 Å². The number of carbonyl (C=O) groups is 2. The number of carbonyl (C=O) groups excluding carboxylic acids is 2. The van der Waals surface area contributed by atoms with E-state index in [0.29, 0.717) is 33.8 Å². The van der Waals surface area contributed by atoms with Crippen LogP contribution in [0.1, 0.15) is 65.6 Å². The third-order valence-electron chi connectivity index (χ3n) is 7.07. The van der Waals surface area contributed by atoms with Crippen molar-refractivity contribution in [3.05, 3.63) is 165 Å². The predicted octanol–water partition coefficient (Wildman–Crippen LogP) is 7.55. The molecular formula is C34H20O3. The van der Waals surface area contributed by atoms with Crippen LogP contribution >= 0.6 is 0 Å². The molecule has 37 heavy (non-hydrogen) atoms. The van der Waals surface area contributed by atoms with Gasteiger partial charge in [-0.05, 0) is 57.7 Å². The van der Waals surface area contributed by atoms with E-state index in [2.05, 4.69) is 0 Å². The van der Waals surface area contributed by atoms with Gasteiger partial charge in [-0.15, -0.1) is 0 Å². The van der Waals surface area contributed by atoms with Crippen LogP contribution < -0.4 is 0 Å². The van der Waals surface area contributed by atoms with Crippen LogP contribution in [0.15, 0.2) is 114 Å². The molecule has 0 spiro atoms. The van der Waals surface area contributed by atoms with Gasteiger partial charge < -0.3 is 4.42 Å². The van der Waals surface area contributed by atoms with Crippen molar-refractivity contribution < 1.29 is 14.0 Å². The molecular weight excluding hydrogens is 456 g/mol. The summed E-state index contributed by atoms with van der Waals surface area (Å²) in [6.45, 7) is 0. The molecule has 1 aromatic heterocycles. The fourth-order valence-corrected chi connectivity index (χ4v) is 5.36. The minimum absolute atomic E-state index is 0.0393. The molecule has 0 radical (unpaired) electrons. The first-order valence-electron chi connectivity index (χ1n) is 12.2. The summed E-state index contributed by atoms with van der Waals surface area (Å²) in [6.07, 6.45) is 4.00. The largest absolute Gasteiger partial charge is 0.457 e. The summed E-state index contributed by atoms with van der Waals surface area (Å²) in [5.74, 6) is 1.46. The van der Waals surface area contributed by atoms with Crippen LogP contribution in [0, 0.1) is 0 Å². The molecule has 0 N–H and O–H groups in total. The van der Waals surface area contributed by atoms with Crippen LogP contribution in [0.3, 0.4) is 0 Å². The Morgan fingerprint density at radius 2 is 0.649 bits per heavy atom. The normalized spacial score (nSPS) is 13.4. The second-order valence-corrected chi connectivity index (χ2v) is 9.20. The maximum atomic E-state index is 13.1. The zero-order chi connectivity index (χ0) is 24.9. The molecule has 7 rings (SSSR count). The van der Waals surface area contributed by atoms with E-state index in [4.69, 9.17) is 4.42 Å². The van der Waals surface area contributed by atoms with E-state index in [0.717, 1.165) is 33.4 Å². The van der Waals surface area contributed by atoms with Crippen molar-refractivity contribution in [3.8, 4) is 0 Å². The number of ketones is 2. The molecule has 0 atom stereocenters. The van der Waals surface area contributed by atoms with Crippen LogP contribution in [-0.2, 0) is 0 Å². The quantitative estimate of drug-likeness (QED) is 0.259. The molecule has 0 unspecified atom stereocenters. The third-order valence-corrected chi connectivity index (χ3v) is 7.07. The molecule has 5 aromatic rings. The number of rotatable bonds is 2. The van der Waals surface area contributed by atoms with E-state index in [1.807, 2.05) is 121 Å². The minimum atomic E-state index is 0.0393. The van der Waals surface area contributed by atoms with Gasteiger partial charge in [0, 0.05) is 22.3 Å². The van der Waals surface area contributed by atoms with Crippen molar-refractivity contribution in [2.75, 3.05) is 0 Å². The summed E-state index contributed by atoms with van der Waals surface area (Å²) >= 11 is 0. The van der Waals surface area contributed by atoms with Gasteiger partial charge in [0.25, 0.3) is 0 Å². The molecule has 1 heterocycles. The Morgan fingerprint density at radius 1 is 0.378 bits per heavy atom. The molecule has 2 aliphatic carbocycles. The lowest BCUT2D eigenvalue weighted by molar-refractivity contribution is 0.102. The monoisotopic (exact) mass is 476 g/mol. The summed E-state index contributed by atoms with van der Waals surface area (Å²) in [7, 11) is 0. The predicted molar refractivity (Wildman–Crippen MR) is 145 cm³/mol. The fourth-order valence-electron chi connectivity index (χ4n) is 5.36. The van der Waals surface area contributed by atoms with Gasteiger partial charge in [-0.2, -0.15) is 0 Å². The second kappa shape index (κ2) is 8.28. The highest BCUT2D eigenvalue weighted by Crippen LogP contribution is 2.39. The van der Waals surface area contributed by atoms with Gasteiger partial charge in [0.05, 0.1) is 0 Å². The third kappa shape index (κ3) is 3.36. The Kier molecular flexibility index (Phi) is 4.76. The maximum Gasteiger partial charge on any atom is 0.194 e. The molecule has 0 amide bonds. The Balaban J connectivity index is 1.35. The number of hydrogen-bond donors (Lipinski definition) is 0. The summed E-state index contributed by atoms with van der Waals surface area (Å²) < 4.78 is 6.28. The lowest BCUT2D eigenvalue weighted by Gasteiger charge is -2.21. The van der Waals surface area contributed by atoms with Gasteiger partial charge in [0.2, 0.25) is 0 Å². The van der Waals surface area contributed by atoms with Crippen molar-refractivity contribution in [2.24, 2.45) is 0 Å². The first kappa shape index (κ1) is 21.3. The SMILES string of the molecule is O=C1c2ccccc2C(=Cc2ccc(C=C3c4ccccc4C(=O)c4ccccc43)o2)c2ccccc21. The van der Waals surface area contributed by atoms with E-state index < -0.39 is 0 Å². The Hall–Kier alpha value is -5.02. The Bertz CT molecular complexity index is 1580. The molecule has 0 saturated heterocycles. The maximum absolute atomic E-state index is 13.1. The molecule has 0 aliphatic heterocycles. The molecule has 0 bridgehead atoms. The van der Waals surface area contributed by atoms with Gasteiger partial charge >= 0.3 is 0 Å². The zero-order valence-corrected chi connectivity index (χ0v) is 19.8. The topological polar surface area (TPSA) is 47.3 Å². The van der Waals surface area contributed by atoms with Gasteiger partial charge in [-0.3, -0.25) is 9.59 Å². The number of benzene rings is 4. The number of fused-ring (bicyclic) bond motifs is 4. The van der Waals surface area contributed by atoms with Gasteiger partial charge in [0.1, 0.15) is 11.5 Å². The Labute approximate surface area is 214 Å². The van der Waals surface area contributed by atoms with Crippen LogP contribution in [0.4, 0.5) is 0 Å². The van der Waals surface area contributed by atoms with Gasteiger partial charge in [-0.25, -0.2) is 0 Å². The first-order chi connectivity index (χ1) is 18.2. The lowest BCUT2D eigenvalue weighted by Crippen LogP contribution is -2.14. The Morgan fingerprint density at radius 3 is 0.946 bits per heavy atom. The second-order valence-electron chi connectivity index (χ2n) is 9.20. The smallest absolute Gasteiger partial charge is 0.194 e. The molecule has 2 aliphatic rings. The highest BCUT2D eigenvalue weighted by atomic mass is 16.3. The molecule has 3 nitrogen and oxygen atoms in total. The molecule has 3 heteroatoms. The summed E-state index contributed by atoms with van der Waals surface area (Å²) in [4.78, 5) is 26.1. The number of furan rings is 1. The summed E-state index contributed by atoms with van der Waals surface area (Å²) in [5, 5.41) is 0. The average molecular weight is 477 g/mol. The van der Waals surface area contributed by atoms with Crippen LogP contribution in [0.5, 0.6) is 0 Å². The van der Waals surface area contributed by atoms with Gasteiger partial charge in [0.15, 0.2) is 11.6 Å². The minimum Gasteiger partial charge on any atom is -0.457 e. The zero-order valence-electron chi connectivity index (χ0n) is 19.8. The first-order valence-corrected chi connectivity index (χ1v) is 12.2. The molecule has 174 valence electrons. The van der Waals surface area contributed by atoms with E-state index in [1.54, 1.807) is 0 Å². The molecule has 0 fully saturated rings.